The van der Waals surface area contributed by atoms with Crippen LogP contribution in [0.5, 0.6) is 0 Å². The highest BCUT2D eigenvalue weighted by Crippen LogP contribution is 2.25. The first-order chi connectivity index (χ1) is 10.6. The molecule has 2 N–H and O–H groups in total. The van der Waals surface area contributed by atoms with E-state index in [0.717, 1.165) is 33.5 Å². The number of nitrogens with one attached hydrogen (secondary N) is 2. The van der Waals surface area contributed by atoms with E-state index in [-0.39, 0.29) is 11.8 Å². The molecule has 1 amide bonds. The van der Waals surface area contributed by atoms with Crippen LogP contribution in [0.15, 0.2) is 42.6 Å². The average Bonchev–Trinajstić information content (AvgIpc) is 2.85. The summed E-state index contributed by atoms with van der Waals surface area (Å²) in [5.74, 6) is -0.246. The van der Waals surface area contributed by atoms with Crippen molar-refractivity contribution in [2.24, 2.45) is 0 Å². The number of hydrogen-bond acceptors (Lipinski definition) is 2. The molecule has 0 aliphatic carbocycles. The summed E-state index contributed by atoms with van der Waals surface area (Å²) in [5, 5.41) is 4.02. The smallest absolute Gasteiger partial charge is 0.231 e. The van der Waals surface area contributed by atoms with Crippen LogP contribution in [0.2, 0.25) is 0 Å². The molecule has 112 valence electrons. The number of H-pyrrole nitrogens is 1. The van der Waals surface area contributed by atoms with Crippen molar-refractivity contribution in [1.82, 2.24) is 9.97 Å². The molecule has 4 nitrogen and oxygen atoms in total. The van der Waals surface area contributed by atoms with Gasteiger partial charge < -0.3 is 10.3 Å². The van der Waals surface area contributed by atoms with Gasteiger partial charge in [0.05, 0.1) is 17.1 Å². The highest BCUT2D eigenvalue weighted by molar-refractivity contribution is 6.02. The normalized spacial score (nSPS) is 12.3. The van der Waals surface area contributed by atoms with E-state index in [1.54, 1.807) is 6.20 Å². The maximum absolute atomic E-state index is 12.6. The number of amides is 1. The van der Waals surface area contributed by atoms with Gasteiger partial charge in [0, 0.05) is 23.0 Å². The predicted octanol–water partition coefficient (Wildman–Crippen LogP) is 3.92. The molecule has 22 heavy (non-hydrogen) atoms. The lowest BCUT2D eigenvalue weighted by Crippen LogP contribution is -2.19. The molecule has 1 unspecified atom stereocenters. The van der Waals surface area contributed by atoms with Gasteiger partial charge in [-0.2, -0.15) is 0 Å². The lowest BCUT2D eigenvalue weighted by atomic mass is 10.0. The first-order valence-corrected chi connectivity index (χ1v) is 7.37. The zero-order valence-corrected chi connectivity index (χ0v) is 13.0. The molecule has 2 aromatic heterocycles. The van der Waals surface area contributed by atoms with Gasteiger partial charge in [-0.1, -0.05) is 18.2 Å². The van der Waals surface area contributed by atoms with Gasteiger partial charge in [0.25, 0.3) is 0 Å². The van der Waals surface area contributed by atoms with E-state index in [9.17, 15) is 4.79 Å². The number of aromatic amines is 1. The fourth-order valence-electron chi connectivity index (χ4n) is 2.78. The lowest BCUT2D eigenvalue weighted by molar-refractivity contribution is -0.117. The molecule has 0 bridgehead atoms. The molecular formula is C18H19N3O. The Bertz CT molecular complexity index is 830. The van der Waals surface area contributed by atoms with Crippen molar-refractivity contribution in [3.63, 3.8) is 0 Å². The van der Waals surface area contributed by atoms with Crippen LogP contribution in [-0.2, 0) is 4.79 Å². The van der Waals surface area contributed by atoms with Gasteiger partial charge in [0.15, 0.2) is 0 Å². The Morgan fingerprint density at radius 2 is 2.00 bits per heavy atom. The molecule has 1 aromatic carbocycles. The number of aromatic nitrogens is 2. The Morgan fingerprint density at radius 3 is 2.73 bits per heavy atom. The number of para-hydroxylation sites is 1. The van der Waals surface area contributed by atoms with E-state index >= 15 is 0 Å². The number of anilines is 1. The SMILES string of the molecule is Cc1cc(C(C)C(=O)Nc2cccc3cccnc23)c(C)[nH]1. The summed E-state index contributed by atoms with van der Waals surface area (Å²) in [5.41, 5.74) is 4.70. The largest absolute Gasteiger partial charge is 0.362 e. The molecule has 4 heteroatoms. The number of fused-ring (bicyclic) bond motifs is 1. The van der Waals surface area contributed by atoms with Crippen molar-refractivity contribution >= 4 is 22.5 Å². The van der Waals surface area contributed by atoms with E-state index < -0.39 is 0 Å². The van der Waals surface area contributed by atoms with Crippen molar-refractivity contribution < 1.29 is 4.79 Å². The van der Waals surface area contributed by atoms with Crippen molar-refractivity contribution in [3.8, 4) is 0 Å². The molecular weight excluding hydrogens is 274 g/mol. The average molecular weight is 293 g/mol. The third-order valence-corrected chi connectivity index (χ3v) is 3.94. The molecule has 0 aliphatic rings. The number of carbonyl (C=O) groups is 1. The summed E-state index contributed by atoms with van der Waals surface area (Å²) in [6.45, 7) is 5.91. The number of pyridine rings is 1. The van der Waals surface area contributed by atoms with E-state index in [2.05, 4.69) is 15.3 Å². The first kappa shape index (κ1) is 14.3. The maximum atomic E-state index is 12.6. The van der Waals surface area contributed by atoms with Gasteiger partial charge in [-0.05, 0) is 44.5 Å². The highest BCUT2D eigenvalue weighted by Gasteiger charge is 2.19. The third-order valence-electron chi connectivity index (χ3n) is 3.94. The van der Waals surface area contributed by atoms with Crippen LogP contribution >= 0.6 is 0 Å². The van der Waals surface area contributed by atoms with Crippen LogP contribution in [0.25, 0.3) is 10.9 Å². The van der Waals surface area contributed by atoms with Crippen LogP contribution in [0.3, 0.4) is 0 Å². The highest BCUT2D eigenvalue weighted by atomic mass is 16.1. The fourth-order valence-corrected chi connectivity index (χ4v) is 2.78. The standard InChI is InChI=1S/C18H19N3O/c1-11-10-15(13(3)20-11)12(2)18(22)21-16-8-4-6-14-7-5-9-19-17(14)16/h4-10,12,20H,1-3H3,(H,21,22). The van der Waals surface area contributed by atoms with Crippen LogP contribution in [0, 0.1) is 13.8 Å². The molecule has 0 saturated heterocycles. The predicted molar refractivity (Wildman–Crippen MR) is 89.1 cm³/mol. The molecule has 0 saturated carbocycles. The van der Waals surface area contributed by atoms with Crippen molar-refractivity contribution in [2.45, 2.75) is 26.7 Å². The molecule has 0 spiro atoms. The Balaban J connectivity index is 1.88. The number of hydrogen-bond donors (Lipinski definition) is 2. The summed E-state index contributed by atoms with van der Waals surface area (Å²) in [7, 11) is 0. The second-order valence-electron chi connectivity index (χ2n) is 5.62. The summed E-state index contributed by atoms with van der Waals surface area (Å²) in [6, 6.07) is 11.7. The molecule has 0 radical (unpaired) electrons. The van der Waals surface area contributed by atoms with Gasteiger partial charge in [-0.25, -0.2) is 0 Å². The fraction of sp³-hybridized carbons (Fsp3) is 0.222. The molecule has 0 aliphatic heterocycles. The molecule has 0 fully saturated rings. The second kappa shape index (κ2) is 5.64. The van der Waals surface area contributed by atoms with E-state index in [0.29, 0.717) is 0 Å². The quantitative estimate of drug-likeness (QED) is 0.769. The molecule has 1 atom stereocenters. The van der Waals surface area contributed by atoms with E-state index in [1.807, 2.05) is 57.2 Å². The summed E-state index contributed by atoms with van der Waals surface area (Å²) < 4.78 is 0. The molecule has 3 aromatic rings. The summed E-state index contributed by atoms with van der Waals surface area (Å²) in [6.07, 6.45) is 1.74. The van der Waals surface area contributed by atoms with Crippen LogP contribution in [-0.4, -0.2) is 15.9 Å². The zero-order chi connectivity index (χ0) is 15.7. The van der Waals surface area contributed by atoms with Gasteiger partial charge in [-0.15, -0.1) is 0 Å². The number of rotatable bonds is 3. The lowest BCUT2D eigenvalue weighted by Gasteiger charge is -2.13. The number of aryl methyl sites for hydroxylation is 2. The van der Waals surface area contributed by atoms with Crippen LogP contribution in [0.4, 0.5) is 5.69 Å². The minimum absolute atomic E-state index is 0.0275. The first-order valence-electron chi connectivity index (χ1n) is 7.37. The van der Waals surface area contributed by atoms with Gasteiger partial charge in [0.1, 0.15) is 0 Å². The van der Waals surface area contributed by atoms with Crippen molar-refractivity contribution in [2.75, 3.05) is 5.32 Å². The molecule has 2 heterocycles. The minimum Gasteiger partial charge on any atom is -0.362 e. The monoisotopic (exact) mass is 293 g/mol. The number of benzene rings is 1. The minimum atomic E-state index is -0.219. The van der Waals surface area contributed by atoms with Crippen LogP contribution in [0.1, 0.15) is 29.8 Å². The second-order valence-corrected chi connectivity index (χ2v) is 5.62. The van der Waals surface area contributed by atoms with Crippen LogP contribution < -0.4 is 5.32 Å². The van der Waals surface area contributed by atoms with E-state index in [4.69, 9.17) is 0 Å². The number of nitrogens with zero attached hydrogens (tertiary/aromatic N) is 1. The zero-order valence-electron chi connectivity index (χ0n) is 13.0. The Kier molecular flexibility index (Phi) is 3.67. The van der Waals surface area contributed by atoms with Gasteiger partial charge in [0.2, 0.25) is 5.91 Å². The Labute approximate surface area is 129 Å². The topological polar surface area (TPSA) is 57.8 Å². The number of carbonyl (C=O) groups excluding carboxylic acids is 1. The van der Waals surface area contributed by atoms with Gasteiger partial charge in [-0.3, -0.25) is 9.78 Å². The summed E-state index contributed by atoms with van der Waals surface area (Å²) in [4.78, 5) is 20.2. The Hall–Kier alpha value is -2.62. The van der Waals surface area contributed by atoms with Crippen molar-refractivity contribution in [1.29, 1.82) is 0 Å². The van der Waals surface area contributed by atoms with Crippen molar-refractivity contribution in [3.05, 3.63) is 59.5 Å². The maximum Gasteiger partial charge on any atom is 0.231 e. The van der Waals surface area contributed by atoms with E-state index in [1.165, 1.54) is 0 Å². The third kappa shape index (κ3) is 2.60. The molecule has 3 rings (SSSR count). The van der Waals surface area contributed by atoms with Gasteiger partial charge >= 0.3 is 0 Å². The summed E-state index contributed by atoms with van der Waals surface area (Å²) >= 11 is 0. The Morgan fingerprint density at radius 1 is 1.23 bits per heavy atom.